The monoisotopic (exact) mass is 400 g/mol. The quantitative estimate of drug-likeness (QED) is 0.709. The third-order valence-electron chi connectivity index (χ3n) is 6.18. The molecule has 0 radical (unpaired) electrons. The molecule has 3 heterocycles. The van der Waals surface area contributed by atoms with E-state index in [2.05, 4.69) is 60.4 Å². The smallest absolute Gasteiger partial charge is 0.165 e. The molecule has 154 valence electrons. The van der Waals surface area contributed by atoms with Crippen LogP contribution in [0.5, 0.6) is 0 Å². The summed E-state index contributed by atoms with van der Waals surface area (Å²) in [6, 6.07) is 12.8. The van der Waals surface area contributed by atoms with E-state index in [0.717, 1.165) is 42.8 Å². The molecule has 0 bridgehead atoms. The molecule has 30 heavy (non-hydrogen) atoms. The normalized spacial score (nSPS) is 18.8. The molecule has 3 aromatic rings. The van der Waals surface area contributed by atoms with Crippen LogP contribution in [-0.4, -0.2) is 40.6 Å². The molecular weight excluding hydrogens is 372 g/mol. The van der Waals surface area contributed by atoms with Gasteiger partial charge in [0.1, 0.15) is 0 Å². The molecule has 5 nitrogen and oxygen atoms in total. The van der Waals surface area contributed by atoms with Gasteiger partial charge in [-0.3, -0.25) is 4.79 Å². The van der Waals surface area contributed by atoms with Crippen molar-refractivity contribution in [2.24, 2.45) is 0 Å². The fraction of sp³-hybridized carbons (Fsp3) is 0.360. The Labute approximate surface area is 177 Å². The summed E-state index contributed by atoms with van der Waals surface area (Å²) >= 11 is 0. The Morgan fingerprint density at radius 2 is 1.97 bits per heavy atom. The van der Waals surface area contributed by atoms with Crippen LogP contribution in [0.25, 0.3) is 17.2 Å². The van der Waals surface area contributed by atoms with Gasteiger partial charge in [-0.05, 0) is 80.3 Å². The Morgan fingerprint density at radius 1 is 1.10 bits per heavy atom. The number of aryl methyl sites for hydroxylation is 2. The summed E-state index contributed by atoms with van der Waals surface area (Å²) in [4.78, 5) is 15.4. The molecule has 2 aromatic heterocycles. The van der Waals surface area contributed by atoms with Gasteiger partial charge in [0.05, 0.1) is 11.2 Å². The lowest BCUT2D eigenvalue weighted by atomic mass is 9.99. The first kappa shape index (κ1) is 19.1. The highest BCUT2D eigenvalue weighted by molar-refractivity contribution is 6.25. The Bertz CT molecular complexity index is 1170. The number of aromatic nitrogens is 2. The van der Waals surface area contributed by atoms with Gasteiger partial charge in [-0.2, -0.15) is 5.10 Å². The Morgan fingerprint density at radius 3 is 2.80 bits per heavy atom. The Balaban J connectivity index is 1.51. The molecule has 0 saturated carbocycles. The lowest BCUT2D eigenvalue weighted by molar-refractivity contribution is -0.113. The van der Waals surface area contributed by atoms with Crippen molar-refractivity contribution in [3.05, 3.63) is 65.0 Å². The third kappa shape index (κ3) is 3.54. The van der Waals surface area contributed by atoms with Crippen LogP contribution >= 0.6 is 0 Å². The van der Waals surface area contributed by atoms with Crippen molar-refractivity contribution >= 4 is 28.6 Å². The maximum atomic E-state index is 13.0. The van der Waals surface area contributed by atoms with Gasteiger partial charge < -0.3 is 10.2 Å². The zero-order valence-corrected chi connectivity index (χ0v) is 17.9. The molecule has 1 N–H and O–H groups in total. The average Bonchev–Trinajstić information content (AvgIpc) is 3.04. The molecule has 0 atom stereocenters. The van der Waals surface area contributed by atoms with Crippen LogP contribution in [0.2, 0.25) is 0 Å². The maximum Gasteiger partial charge on any atom is 0.165 e. The second-order valence-electron chi connectivity index (χ2n) is 9.20. The summed E-state index contributed by atoms with van der Waals surface area (Å²) in [6.07, 6.45) is 5.27. The van der Waals surface area contributed by atoms with Crippen LogP contribution < -0.4 is 10.2 Å². The zero-order valence-electron chi connectivity index (χ0n) is 17.9. The number of carbonyl (C=O) groups is 1. The van der Waals surface area contributed by atoms with Crippen LogP contribution in [0.3, 0.4) is 0 Å². The standard InChI is InChI=1S/C25H28N4O/c1-17-8-10-29-21(12-17)15-23(27-29)22-14-19-4-6-20(13-18(19)5-7-24(22)30)28-11-9-26-25(2,3)16-28/h4,6,8,10,12-15,26H,5,7,9,11,16H2,1-3H3. The number of ketones is 1. The molecule has 1 fully saturated rings. The summed E-state index contributed by atoms with van der Waals surface area (Å²) in [5.41, 5.74) is 7.39. The van der Waals surface area contributed by atoms with Crippen molar-refractivity contribution in [3.8, 4) is 0 Å². The number of benzene rings is 1. The van der Waals surface area contributed by atoms with Crippen molar-refractivity contribution in [2.75, 3.05) is 24.5 Å². The first-order valence-corrected chi connectivity index (χ1v) is 10.7. The number of allylic oxidation sites excluding steroid dienone is 1. The zero-order chi connectivity index (χ0) is 20.9. The lowest BCUT2D eigenvalue weighted by Gasteiger charge is -2.40. The van der Waals surface area contributed by atoms with E-state index in [1.165, 1.54) is 16.8 Å². The van der Waals surface area contributed by atoms with E-state index in [1.54, 1.807) is 0 Å². The number of fused-ring (bicyclic) bond motifs is 2. The van der Waals surface area contributed by atoms with Crippen molar-refractivity contribution in [2.45, 2.75) is 39.2 Å². The SMILES string of the molecule is Cc1ccn2nc(C3=Cc4ccc(N5CCNC(C)(C)C5)cc4CCC3=O)cc2c1. The first-order chi connectivity index (χ1) is 14.4. The highest BCUT2D eigenvalue weighted by atomic mass is 16.1. The number of nitrogens with zero attached hydrogens (tertiary/aromatic N) is 3. The molecule has 1 saturated heterocycles. The van der Waals surface area contributed by atoms with E-state index in [9.17, 15) is 4.79 Å². The van der Waals surface area contributed by atoms with Crippen molar-refractivity contribution in [1.82, 2.24) is 14.9 Å². The van der Waals surface area contributed by atoms with Gasteiger partial charge in [0.2, 0.25) is 0 Å². The van der Waals surface area contributed by atoms with Crippen molar-refractivity contribution in [3.63, 3.8) is 0 Å². The molecule has 0 unspecified atom stereocenters. The van der Waals surface area contributed by atoms with E-state index < -0.39 is 0 Å². The fourth-order valence-electron chi connectivity index (χ4n) is 4.58. The number of rotatable bonds is 2. The van der Waals surface area contributed by atoms with Crippen LogP contribution in [0, 0.1) is 6.92 Å². The average molecular weight is 401 g/mol. The van der Waals surface area contributed by atoms with Gasteiger partial charge in [0.15, 0.2) is 5.78 Å². The van der Waals surface area contributed by atoms with E-state index in [-0.39, 0.29) is 11.3 Å². The van der Waals surface area contributed by atoms with E-state index in [4.69, 9.17) is 0 Å². The van der Waals surface area contributed by atoms with Gasteiger partial charge in [0.25, 0.3) is 0 Å². The van der Waals surface area contributed by atoms with Gasteiger partial charge in [-0.1, -0.05) is 6.07 Å². The van der Waals surface area contributed by atoms with Gasteiger partial charge >= 0.3 is 0 Å². The summed E-state index contributed by atoms with van der Waals surface area (Å²) in [7, 11) is 0. The summed E-state index contributed by atoms with van der Waals surface area (Å²) in [6.45, 7) is 9.52. The molecular formula is C25H28N4O. The van der Waals surface area contributed by atoms with E-state index in [1.807, 2.05) is 28.9 Å². The first-order valence-electron chi connectivity index (χ1n) is 10.7. The molecule has 1 aromatic carbocycles. The molecule has 0 amide bonds. The number of piperazine rings is 1. The minimum atomic E-state index is 0.107. The van der Waals surface area contributed by atoms with Gasteiger partial charge in [-0.15, -0.1) is 0 Å². The molecule has 1 aliphatic heterocycles. The van der Waals surface area contributed by atoms with Crippen LogP contribution in [0.1, 0.15) is 42.7 Å². The highest BCUT2D eigenvalue weighted by Crippen LogP contribution is 2.31. The van der Waals surface area contributed by atoms with Crippen molar-refractivity contribution in [1.29, 1.82) is 0 Å². The number of nitrogens with one attached hydrogen (secondary N) is 1. The third-order valence-corrected chi connectivity index (χ3v) is 6.18. The lowest BCUT2D eigenvalue weighted by Crippen LogP contribution is -2.57. The second kappa shape index (κ2) is 7.10. The van der Waals surface area contributed by atoms with E-state index >= 15 is 0 Å². The minimum Gasteiger partial charge on any atom is -0.368 e. The number of hydrogen-bond acceptors (Lipinski definition) is 4. The van der Waals surface area contributed by atoms with E-state index in [0.29, 0.717) is 12.0 Å². The van der Waals surface area contributed by atoms with Gasteiger partial charge in [-0.25, -0.2) is 4.52 Å². The fourth-order valence-corrected chi connectivity index (χ4v) is 4.58. The summed E-state index contributed by atoms with van der Waals surface area (Å²) in [5.74, 6) is 0.163. The van der Waals surface area contributed by atoms with Gasteiger partial charge in [0, 0.05) is 49.1 Å². The Hall–Kier alpha value is -2.92. The Kier molecular flexibility index (Phi) is 4.51. The number of Topliss-reactive ketones (excluding diaryl/α,β-unsaturated/α-hetero) is 1. The van der Waals surface area contributed by atoms with Crippen molar-refractivity contribution < 1.29 is 4.79 Å². The summed E-state index contributed by atoms with van der Waals surface area (Å²) < 4.78 is 1.84. The number of anilines is 1. The minimum absolute atomic E-state index is 0.107. The van der Waals surface area contributed by atoms with Crippen LogP contribution in [0.4, 0.5) is 5.69 Å². The number of hydrogen-bond donors (Lipinski definition) is 1. The van der Waals surface area contributed by atoms with Crippen LogP contribution in [0.15, 0.2) is 42.6 Å². The largest absolute Gasteiger partial charge is 0.368 e. The molecule has 5 rings (SSSR count). The number of carbonyl (C=O) groups excluding carboxylic acids is 1. The molecule has 5 heteroatoms. The maximum absolute atomic E-state index is 13.0. The topological polar surface area (TPSA) is 49.6 Å². The molecule has 0 spiro atoms. The molecule has 2 aliphatic rings. The second-order valence-corrected chi connectivity index (χ2v) is 9.20. The summed E-state index contributed by atoms with van der Waals surface area (Å²) in [5, 5.41) is 8.23. The predicted octanol–water partition coefficient (Wildman–Crippen LogP) is 3.89. The highest BCUT2D eigenvalue weighted by Gasteiger charge is 2.26. The molecule has 1 aliphatic carbocycles. The predicted molar refractivity (Wildman–Crippen MR) is 122 cm³/mol. The number of pyridine rings is 1. The van der Waals surface area contributed by atoms with Crippen LogP contribution in [-0.2, 0) is 11.2 Å².